The molecular weight excluding hydrogens is 567 g/mol. The molecule has 1 aromatic carbocycles. The van der Waals surface area contributed by atoms with Crippen molar-refractivity contribution in [1.82, 2.24) is 29.9 Å². The highest BCUT2D eigenvalue weighted by Crippen LogP contribution is 2.30. The first-order valence-corrected chi connectivity index (χ1v) is 14.7. The molecular formula is C31H31FN8O4. The van der Waals surface area contributed by atoms with Crippen LogP contribution in [0.15, 0.2) is 53.7 Å². The number of hydroxylamine groups is 1. The van der Waals surface area contributed by atoms with E-state index in [9.17, 15) is 9.50 Å². The maximum Gasteiger partial charge on any atom is 0.280 e. The number of pyridine rings is 2. The Morgan fingerprint density at radius 1 is 1.14 bits per heavy atom. The number of ether oxygens (including phenoxy) is 2. The number of aliphatic hydroxyl groups excluding tert-OH is 1. The van der Waals surface area contributed by atoms with Crippen LogP contribution in [0.25, 0.3) is 11.2 Å². The standard InChI is InChI=1S/C31H31FN8O4/c32-24-12-19(14-33)4-5-21(24)18-43-28-3-1-2-25(36-28)20-6-9-39(10-7-20)17-27-35-26-13-22(29-37-31(41)44-38-29)15-34-30(26)40(27)16-23-8-11-42-23/h1-5,12-13,15,20,23,31,41H,6-11,16-18H2,(H,37,38). The zero-order valence-electron chi connectivity index (χ0n) is 23.9. The van der Waals surface area contributed by atoms with E-state index >= 15 is 0 Å². The van der Waals surface area contributed by atoms with Crippen LogP contribution in [0.3, 0.4) is 0 Å². The summed E-state index contributed by atoms with van der Waals surface area (Å²) in [5.74, 6) is 1.61. The van der Waals surface area contributed by atoms with Crippen molar-refractivity contribution in [3.63, 3.8) is 0 Å². The third kappa shape index (κ3) is 5.97. The summed E-state index contributed by atoms with van der Waals surface area (Å²) in [5.41, 5.74) is 6.47. The van der Waals surface area contributed by atoms with Gasteiger partial charge in [-0.3, -0.25) is 4.90 Å². The van der Waals surface area contributed by atoms with Gasteiger partial charge in [0.2, 0.25) is 5.88 Å². The number of halogens is 1. The van der Waals surface area contributed by atoms with Gasteiger partial charge in [-0.05, 0) is 56.6 Å². The quantitative estimate of drug-likeness (QED) is 0.295. The number of benzene rings is 1. The number of nitrogens with zero attached hydrogens (tertiary/aromatic N) is 7. The van der Waals surface area contributed by atoms with Gasteiger partial charge >= 0.3 is 0 Å². The van der Waals surface area contributed by atoms with Gasteiger partial charge in [0.1, 0.15) is 23.8 Å². The molecule has 3 aliphatic rings. The Bertz CT molecular complexity index is 1740. The number of nitriles is 1. The van der Waals surface area contributed by atoms with Gasteiger partial charge in [-0.2, -0.15) is 5.26 Å². The lowest BCUT2D eigenvalue weighted by Crippen LogP contribution is -2.35. The van der Waals surface area contributed by atoms with Crippen molar-refractivity contribution < 1.29 is 23.8 Å². The summed E-state index contributed by atoms with van der Waals surface area (Å²) in [7, 11) is 0. The fraction of sp³-hybridized carbons (Fsp3) is 0.387. The van der Waals surface area contributed by atoms with Gasteiger partial charge in [0.25, 0.3) is 6.41 Å². The fourth-order valence-electron chi connectivity index (χ4n) is 5.75. The molecule has 0 radical (unpaired) electrons. The third-order valence-electron chi connectivity index (χ3n) is 8.29. The molecule has 2 N–H and O–H groups in total. The SMILES string of the molecule is N#Cc1ccc(COc2cccc(C3CCN(Cc4nc5cc(C6=NC(O)ON6)cnc5n4CC4CCO4)CC3)n2)c(F)c1. The van der Waals surface area contributed by atoms with E-state index in [0.29, 0.717) is 35.9 Å². The van der Waals surface area contributed by atoms with Crippen LogP contribution >= 0.6 is 0 Å². The number of imidazole rings is 1. The summed E-state index contributed by atoms with van der Waals surface area (Å²) in [6.45, 7) is 3.95. The Morgan fingerprint density at radius 2 is 2.00 bits per heavy atom. The molecule has 0 aliphatic carbocycles. The average molecular weight is 599 g/mol. The number of likely N-dealkylation sites (tertiary alicyclic amines) is 1. The monoisotopic (exact) mass is 598 g/mol. The molecule has 0 spiro atoms. The Labute approximate surface area is 252 Å². The second kappa shape index (κ2) is 12.3. The fourth-order valence-corrected chi connectivity index (χ4v) is 5.75. The Balaban J connectivity index is 1.01. The van der Waals surface area contributed by atoms with E-state index in [4.69, 9.17) is 34.5 Å². The number of aromatic nitrogens is 4. The lowest BCUT2D eigenvalue weighted by Gasteiger charge is -2.32. The summed E-state index contributed by atoms with van der Waals surface area (Å²) in [6, 6.07) is 13.9. The van der Waals surface area contributed by atoms with Gasteiger partial charge in [0.05, 0.1) is 30.8 Å². The summed E-state index contributed by atoms with van der Waals surface area (Å²) in [6.07, 6.45) is 3.49. The van der Waals surface area contributed by atoms with Crippen molar-refractivity contribution in [3.05, 3.63) is 82.7 Å². The molecule has 2 unspecified atom stereocenters. The first kappa shape index (κ1) is 28.3. The number of hydrogen-bond acceptors (Lipinski definition) is 11. The molecule has 12 nitrogen and oxygen atoms in total. The Kier molecular flexibility index (Phi) is 7.88. The van der Waals surface area contributed by atoms with Gasteiger partial charge in [-0.15, -0.1) is 0 Å². The zero-order valence-corrected chi connectivity index (χ0v) is 23.9. The summed E-state index contributed by atoms with van der Waals surface area (Å²) < 4.78 is 28.0. The van der Waals surface area contributed by atoms with Crippen LogP contribution in [0.5, 0.6) is 5.88 Å². The molecule has 7 rings (SSSR count). The zero-order chi connectivity index (χ0) is 30.0. The van der Waals surface area contributed by atoms with E-state index in [1.165, 1.54) is 6.07 Å². The second-order valence-corrected chi connectivity index (χ2v) is 11.2. The predicted octanol–water partition coefficient (Wildman–Crippen LogP) is 3.14. The minimum Gasteiger partial charge on any atom is -0.473 e. The van der Waals surface area contributed by atoms with Crippen LogP contribution in [-0.2, 0) is 29.3 Å². The molecule has 3 aliphatic heterocycles. The number of aliphatic imine (C=N–C) groups is 1. The van der Waals surface area contributed by atoms with Crippen molar-refractivity contribution in [1.29, 1.82) is 5.26 Å². The minimum absolute atomic E-state index is 0.0377. The first-order valence-electron chi connectivity index (χ1n) is 14.7. The lowest BCUT2D eigenvalue weighted by atomic mass is 9.93. The van der Waals surface area contributed by atoms with Crippen LogP contribution < -0.4 is 10.2 Å². The van der Waals surface area contributed by atoms with E-state index in [2.05, 4.69) is 19.9 Å². The van der Waals surface area contributed by atoms with E-state index in [-0.39, 0.29) is 24.2 Å². The smallest absolute Gasteiger partial charge is 0.280 e. The molecule has 0 saturated carbocycles. The second-order valence-electron chi connectivity index (χ2n) is 11.2. The Morgan fingerprint density at radius 3 is 2.73 bits per heavy atom. The topological polar surface area (TPSA) is 143 Å². The average Bonchev–Trinajstić information content (AvgIpc) is 3.61. The minimum atomic E-state index is -1.24. The van der Waals surface area contributed by atoms with Gasteiger partial charge < -0.3 is 19.1 Å². The molecule has 2 fully saturated rings. The molecule has 13 heteroatoms. The molecule has 4 aromatic rings. The predicted molar refractivity (Wildman–Crippen MR) is 156 cm³/mol. The third-order valence-corrected chi connectivity index (χ3v) is 8.29. The van der Waals surface area contributed by atoms with Crippen LogP contribution in [0.2, 0.25) is 0 Å². The number of rotatable bonds is 9. The normalized spacial score (nSPS) is 20.6. The van der Waals surface area contributed by atoms with Crippen molar-refractivity contribution in [3.8, 4) is 11.9 Å². The van der Waals surface area contributed by atoms with E-state index in [1.54, 1.807) is 24.4 Å². The lowest BCUT2D eigenvalue weighted by molar-refractivity contribution is -0.102. The van der Waals surface area contributed by atoms with Gasteiger partial charge in [0, 0.05) is 41.6 Å². The highest BCUT2D eigenvalue weighted by molar-refractivity contribution is 6.00. The van der Waals surface area contributed by atoms with Gasteiger partial charge in [0.15, 0.2) is 11.5 Å². The summed E-state index contributed by atoms with van der Waals surface area (Å²) in [5, 5.41) is 18.5. The number of piperidine rings is 1. The largest absolute Gasteiger partial charge is 0.473 e. The molecule has 6 heterocycles. The van der Waals surface area contributed by atoms with Gasteiger partial charge in [-0.1, -0.05) is 12.1 Å². The van der Waals surface area contributed by atoms with Crippen molar-refractivity contribution in [2.45, 2.75) is 57.4 Å². The Hall–Kier alpha value is -4.48. The molecule has 226 valence electrons. The van der Waals surface area contributed by atoms with E-state index in [0.717, 1.165) is 61.6 Å². The van der Waals surface area contributed by atoms with Crippen LogP contribution in [0.1, 0.15) is 53.4 Å². The molecule has 2 atom stereocenters. The number of hydrogen-bond donors (Lipinski definition) is 2. The number of amidine groups is 1. The van der Waals surface area contributed by atoms with Crippen LogP contribution in [0, 0.1) is 17.1 Å². The van der Waals surface area contributed by atoms with Crippen LogP contribution in [-0.4, -0.2) is 67.6 Å². The van der Waals surface area contributed by atoms with E-state index < -0.39 is 12.2 Å². The van der Waals surface area contributed by atoms with Crippen molar-refractivity contribution in [2.75, 3.05) is 19.7 Å². The number of aliphatic hydroxyl groups is 1. The first-order chi connectivity index (χ1) is 21.5. The molecule has 3 aromatic heterocycles. The summed E-state index contributed by atoms with van der Waals surface area (Å²) in [4.78, 5) is 25.7. The van der Waals surface area contributed by atoms with Gasteiger partial charge in [-0.25, -0.2) is 34.7 Å². The van der Waals surface area contributed by atoms with Crippen LogP contribution in [0.4, 0.5) is 4.39 Å². The highest BCUT2D eigenvalue weighted by atomic mass is 19.1. The summed E-state index contributed by atoms with van der Waals surface area (Å²) >= 11 is 0. The van der Waals surface area contributed by atoms with Crippen molar-refractivity contribution >= 4 is 17.0 Å². The van der Waals surface area contributed by atoms with Crippen molar-refractivity contribution in [2.24, 2.45) is 4.99 Å². The maximum atomic E-state index is 14.3. The highest BCUT2D eigenvalue weighted by Gasteiger charge is 2.27. The van der Waals surface area contributed by atoms with E-state index in [1.807, 2.05) is 24.3 Å². The number of nitrogens with one attached hydrogen (secondary N) is 1. The molecule has 0 amide bonds. The molecule has 0 bridgehead atoms. The number of fused-ring (bicyclic) bond motifs is 1. The molecule has 2 saturated heterocycles. The molecule has 44 heavy (non-hydrogen) atoms. The maximum absolute atomic E-state index is 14.3.